The van der Waals surface area contributed by atoms with Crippen molar-refractivity contribution in [2.45, 2.75) is 84.3 Å². The highest BCUT2D eigenvalue weighted by molar-refractivity contribution is 5.86. The van der Waals surface area contributed by atoms with Crippen LogP contribution in [0.4, 0.5) is 0 Å². The molecule has 0 aromatic heterocycles. The number of aliphatic hydroxyl groups excluding tert-OH is 1. The summed E-state index contributed by atoms with van der Waals surface area (Å²) >= 11 is 0. The SMILES string of the molecule is CC(=O)[C@]1(O)[C@H](C)C[C@H]2[C@@H]3CC=C4C[C@@H](O)CC[C@]4(C)[C@H]3CC[C@@]21C. The van der Waals surface area contributed by atoms with Gasteiger partial charge < -0.3 is 10.2 Å². The van der Waals surface area contributed by atoms with Gasteiger partial charge in [0.25, 0.3) is 0 Å². The summed E-state index contributed by atoms with van der Waals surface area (Å²) in [6.45, 7) is 8.26. The molecule has 140 valence electrons. The fourth-order valence-electron chi connectivity index (χ4n) is 7.73. The first-order valence-electron chi connectivity index (χ1n) is 10.3. The van der Waals surface area contributed by atoms with Crippen LogP contribution in [-0.4, -0.2) is 27.7 Å². The number of ketones is 1. The zero-order valence-electron chi connectivity index (χ0n) is 16.2. The molecular weight excluding hydrogens is 312 g/mol. The molecule has 4 aliphatic carbocycles. The van der Waals surface area contributed by atoms with Gasteiger partial charge in [0.2, 0.25) is 0 Å². The molecule has 0 amide bonds. The predicted molar refractivity (Wildman–Crippen MR) is 97.9 cm³/mol. The maximum absolute atomic E-state index is 12.4. The van der Waals surface area contributed by atoms with E-state index in [0.717, 1.165) is 44.9 Å². The molecular formula is C22H34O3. The van der Waals surface area contributed by atoms with Crippen molar-refractivity contribution in [1.29, 1.82) is 0 Å². The summed E-state index contributed by atoms with van der Waals surface area (Å²) in [4.78, 5) is 12.4. The molecule has 0 heterocycles. The first kappa shape index (κ1) is 17.7. The van der Waals surface area contributed by atoms with Crippen LogP contribution in [0.3, 0.4) is 0 Å². The molecule has 0 aromatic rings. The van der Waals surface area contributed by atoms with E-state index in [2.05, 4.69) is 26.8 Å². The summed E-state index contributed by atoms with van der Waals surface area (Å²) in [6, 6.07) is 0. The molecule has 0 aliphatic heterocycles. The summed E-state index contributed by atoms with van der Waals surface area (Å²) in [7, 11) is 0. The molecule has 8 atom stereocenters. The third-order valence-electron chi connectivity index (χ3n) is 9.20. The number of rotatable bonds is 1. The second-order valence-corrected chi connectivity index (χ2v) is 10.1. The van der Waals surface area contributed by atoms with Crippen molar-refractivity contribution in [2.75, 3.05) is 0 Å². The Morgan fingerprint density at radius 1 is 1.20 bits per heavy atom. The van der Waals surface area contributed by atoms with Gasteiger partial charge in [-0.1, -0.05) is 32.4 Å². The van der Waals surface area contributed by atoms with E-state index in [9.17, 15) is 15.0 Å². The third kappa shape index (κ3) is 2.09. The third-order valence-corrected chi connectivity index (χ3v) is 9.20. The lowest BCUT2D eigenvalue weighted by atomic mass is 9.46. The van der Waals surface area contributed by atoms with Crippen LogP contribution in [0.25, 0.3) is 0 Å². The van der Waals surface area contributed by atoms with Gasteiger partial charge in [0, 0.05) is 5.41 Å². The number of carbonyl (C=O) groups excluding carboxylic acids is 1. The minimum Gasteiger partial charge on any atom is -0.393 e. The van der Waals surface area contributed by atoms with E-state index in [1.165, 1.54) is 5.57 Å². The van der Waals surface area contributed by atoms with Crippen LogP contribution in [0.15, 0.2) is 11.6 Å². The van der Waals surface area contributed by atoms with Gasteiger partial charge in [-0.15, -0.1) is 0 Å². The molecule has 0 radical (unpaired) electrons. The molecule has 0 saturated heterocycles. The van der Waals surface area contributed by atoms with Crippen LogP contribution in [0.1, 0.15) is 72.6 Å². The number of allylic oxidation sites excluding steroid dienone is 1. The van der Waals surface area contributed by atoms with Gasteiger partial charge in [-0.25, -0.2) is 0 Å². The lowest BCUT2D eigenvalue weighted by molar-refractivity contribution is -0.165. The summed E-state index contributed by atoms with van der Waals surface area (Å²) < 4.78 is 0. The molecule has 3 nitrogen and oxygen atoms in total. The standard InChI is InChI=1S/C22H34O3/c1-13-11-19-17-6-5-15-12-16(24)7-9-20(15,3)18(17)8-10-21(19,4)22(13,25)14(2)23/h5,13,16-19,24-25H,6-12H2,1-4H3/t13-,16+,17-,18+,19+,20+,21+,22-/m1/s1. The lowest BCUT2D eigenvalue weighted by Crippen LogP contribution is -2.58. The molecule has 2 N–H and O–H groups in total. The molecule has 0 bridgehead atoms. The first-order chi connectivity index (χ1) is 11.6. The highest BCUT2D eigenvalue weighted by Crippen LogP contribution is 2.68. The molecule has 0 unspecified atom stereocenters. The molecule has 4 aliphatic rings. The second-order valence-electron chi connectivity index (χ2n) is 10.1. The zero-order valence-corrected chi connectivity index (χ0v) is 16.2. The fraction of sp³-hybridized carbons (Fsp3) is 0.864. The Hall–Kier alpha value is -0.670. The Morgan fingerprint density at radius 3 is 2.60 bits per heavy atom. The van der Waals surface area contributed by atoms with Gasteiger partial charge >= 0.3 is 0 Å². The summed E-state index contributed by atoms with van der Waals surface area (Å²) in [5.41, 5.74) is 0.249. The number of carbonyl (C=O) groups is 1. The summed E-state index contributed by atoms with van der Waals surface area (Å²) in [5.74, 6) is 1.64. The topological polar surface area (TPSA) is 57.5 Å². The molecule has 3 heteroatoms. The van der Waals surface area contributed by atoms with E-state index < -0.39 is 5.60 Å². The number of aliphatic hydroxyl groups is 2. The van der Waals surface area contributed by atoms with E-state index in [4.69, 9.17) is 0 Å². The lowest BCUT2D eigenvalue weighted by Gasteiger charge is -2.58. The monoisotopic (exact) mass is 346 g/mol. The van der Waals surface area contributed by atoms with Crippen molar-refractivity contribution < 1.29 is 15.0 Å². The molecule has 3 fully saturated rings. The van der Waals surface area contributed by atoms with Gasteiger partial charge in [-0.2, -0.15) is 0 Å². The summed E-state index contributed by atoms with van der Waals surface area (Å²) in [6.07, 6.45) is 9.15. The van der Waals surface area contributed by atoms with Crippen molar-refractivity contribution in [1.82, 2.24) is 0 Å². The summed E-state index contributed by atoms with van der Waals surface area (Å²) in [5, 5.41) is 21.5. The van der Waals surface area contributed by atoms with Crippen molar-refractivity contribution in [3.05, 3.63) is 11.6 Å². The van der Waals surface area contributed by atoms with Gasteiger partial charge in [-0.3, -0.25) is 4.79 Å². The van der Waals surface area contributed by atoms with E-state index >= 15 is 0 Å². The number of Topliss-reactive ketones (excluding diaryl/α,β-unsaturated/α-hetero) is 1. The number of hydrogen-bond acceptors (Lipinski definition) is 3. The van der Waals surface area contributed by atoms with E-state index in [0.29, 0.717) is 17.8 Å². The van der Waals surface area contributed by atoms with E-state index in [1.807, 2.05) is 0 Å². The normalized spacial score (nSPS) is 55.0. The smallest absolute Gasteiger partial charge is 0.162 e. The van der Waals surface area contributed by atoms with Crippen LogP contribution in [-0.2, 0) is 4.79 Å². The predicted octanol–water partition coefficient (Wildman–Crippen LogP) is 3.88. The zero-order chi connectivity index (χ0) is 18.2. The molecule has 4 rings (SSSR count). The van der Waals surface area contributed by atoms with Gasteiger partial charge in [0.1, 0.15) is 5.60 Å². The quantitative estimate of drug-likeness (QED) is 0.709. The van der Waals surface area contributed by atoms with Gasteiger partial charge in [0.05, 0.1) is 6.10 Å². The maximum Gasteiger partial charge on any atom is 0.162 e. The van der Waals surface area contributed by atoms with Crippen molar-refractivity contribution in [2.24, 2.45) is 34.5 Å². The largest absolute Gasteiger partial charge is 0.393 e. The fourth-order valence-corrected chi connectivity index (χ4v) is 7.73. The maximum atomic E-state index is 12.4. The number of fused-ring (bicyclic) bond motifs is 5. The Balaban J connectivity index is 1.72. The number of hydrogen-bond donors (Lipinski definition) is 2. The highest BCUT2D eigenvalue weighted by Gasteiger charge is 2.67. The average Bonchev–Trinajstić information content (AvgIpc) is 2.77. The van der Waals surface area contributed by atoms with E-state index in [1.54, 1.807) is 6.92 Å². The molecule has 3 saturated carbocycles. The van der Waals surface area contributed by atoms with Crippen LogP contribution in [0.2, 0.25) is 0 Å². The van der Waals surface area contributed by atoms with E-state index in [-0.39, 0.29) is 28.6 Å². The second kappa shape index (κ2) is 5.42. The minimum atomic E-state index is -1.16. The Kier molecular flexibility index (Phi) is 3.84. The van der Waals surface area contributed by atoms with Crippen LogP contribution in [0, 0.1) is 34.5 Å². The van der Waals surface area contributed by atoms with Gasteiger partial charge in [0.15, 0.2) is 5.78 Å². The van der Waals surface area contributed by atoms with Gasteiger partial charge in [-0.05, 0) is 81.0 Å². The molecule has 0 aromatic carbocycles. The molecule has 25 heavy (non-hydrogen) atoms. The minimum absolute atomic E-state index is 0.0394. The van der Waals surface area contributed by atoms with Crippen LogP contribution >= 0.6 is 0 Å². The van der Waals surface area contributed by atoms with Crippen molar-refractivity contribution in [3.8, 4) is 0 Å². The van der Waals surface area contributed by atoms with Crippen molar-refractivity contribution in [3.63, 3.8) is 0 Å². The average molecular weight is 347 g/mol. The first-order valence-corrected chi connectivity index (χ1v) is 10.3. The Bertz CT molecular complexity index is 625. The highest BCUT2D eigenvalue weighted by atomic mass is 16.3. The Morgan fingerprint density at radius 2 is 1.92 bits per heavy atom. The van der Waals surface area contributed by atoms with Crippen LogP contribution < -0.4 is 0 Å². The molecule has 0 spiro atoms. The van der Waals surface area contributed by atoms with Crippen molar-refractivity contribution >= 4 is 5.78 Å². The Labute approximate surface area is 151 Å². The van der Waals surface area contributed by atoms with Crippen LogP contribution in [0.5, 0.6) is 0 Å².